The Morgan fingerprint density at radius 3 is 2.75 bits per heavy atom. The lowest BCUT2D eigenvalue weighted by atomic mass is 10.2. The number of amides is 2. The Morgan fingerprint density at radius 2 is 2.31 bits per heavy atom. The molecule has 1 heterocycles. The summed E-state index contributed by atoms with van der Waals surface area (Å²) < 4.78 is 0. The highest BCUT2D eigenvalue weighted by Gasteiger charge is 2.26. The van der Waals surface area contributed by atoms with Crippen LogP contribution in [0.2, 0.25) is 0 Å². The zero-order valence-corrected chi connectivity index (χ0v) is 10.4. The monoisotopic (exact) mass is 246 g/mol. The molecule has 2 amide bonds. The third kappa shape index (κ3) is 3.30. The Bertz CT molecular complexity index is 267. The van der Waals surface area contributed by atoms with E-state index in [2.05, 4.69) is 5.32 Å². The van der Waals surface area contributed by atoms with E-state index < -0.39 is 12.0 Å². The number of rotatable bonds is 4. The van der Waals surface area contributed by atoms with Crippen LogP contribution in [0, 0.1) is 0 Å². The van der Waals surface area contributed by atoms with Crippen LogP contribution >= 0.6 is 11.8 Å². The number of thioether (sulfide) groups is 1. The van der Waals surface area contributed by atoms with E-state index in [-0.39, 0.29) is 12.1 Å². The van der Waals surface area contributed by atoms with Gasteiger partial charge < -0.3 is 15.3 Å². The van der Waals surface area contributed by atoms with Crippen LogP contribution in [0.25, 0.3) is 0 Å². The number of nitrogens with one attached hydrogen (secondary N) is 1. The normalized spacial score (nSPS) is 21.5. The lowest BCUT2D eigenvalue weighted by Crippen LogP contribution is -2.49. The van der Waals surface area contributed by atoms with E-state index in [0.29, 0.717) is 6.42 Å². The van der Waals surface area contributed by atoms with E-state index >= 15 is 0 Å². The summed E-state index contributed by atoms with van der Waals surface area (Å²) in [6, 6.07) is -0.845. The lowest BCUT2D eigenvalue weighted by Gasteiger charge is -2.25. The topological polar surface area (TPSA) is 69.6 Å². The molecule has 92 valence electrons. The molecule has 2 unspecified atom stereocenters. The quantitative estimate of drug-likeness (QED) is 0.776. The van der Waals surface area contributed by atoms with E-state index in [1.165, 1.54) is 11.9 Å². The van der Waals surface area contributed by atoms with Crippen molar-refractivity contribution in [2.45, 2.75) is 31.8 Å². The van der Waals surface area contributed by atoms with Gasteiger partial charge in [-0.1, -0.05) is 6.92 Å². The number of carbonyl (C=O) groups is 2. The maximum Gasteiger partial charge on any atom is 0.326 e. The van der Waals surface area contributed by atoms with Crippen LogP contribution < -0.4 is 5.32 Å². The highest BCUT2D eigenvalue weighted by Crippen LogP contribution is 2.17. The minimum Gasteiger partial charge on any atom is -0.480 e. The van der Waals surface area contributed by atoms with Gasteiger partial charge in [-0.05, 0) is 18.6 Å². The van der Waals surface area contributed by atoms with E-state index in [1.807, 2.05) is 0 Å². The first-order chi connectivity index (χ1) is 7.56. The second kappa shape index (κ2) is 5.98. The molecule has 2 N–H and O–H groups in total. The molecule has 0 aliphatic carbocycles. The largest absolute Gasteiger partial charge is 0.480 e. The van der Waals surface area contributed by atoms with Crippen LogP contribution in [0.15, 0.2) is 0 Å². The molecule has 0 aromatic carbocycles. The molecule has 16 heavy (non-hydrogen) atoms. The summed E-state index contributed by atoms with van der Waals surface area (Å²) in [5.74, 6) is 1.02. The maximum atomic E-state index is 11.7. The predicted octanol–water partition coefficient (Wildman–Crippen LogP) is 0.997. The van der Waals surface area contributed by atoms with Crippen LogP contribution in [-0.4, -0.2) is 52.6 Å². The van der Waals surface area contributed by atoms with Crippen molar-refractivity contribution in [3.05, 3.63) is 0 Å². The SMILES string of the molecule is CCC(C(=O)O)N(C)C(=O)NC1CCSC1. The van der Waals surface area contributed by atoms with Gasteiger partial charge in [0.05, 0.1) is 0 Å². The molecular weight excluding hydrogens is 228 g/mol. The number of carboxylic acids is 1. The van der Waals surface area contributed by atoms with Crippen LogP contribution in [0.3, 0.4) is 0 Å². The third-order valence-corrected chi connectivity index (χ3v) is 3.88. The standard InChI is InChI=1S/C10H18N2O3S/c1-3-8(9(13)14)12(2)10(15)11-7-4-5-16-6-7/h7-8H,3-6H2,1-2H3,(H,11,15)(H,13,14). The number of carbonyl (C=O) groups excluding carboxylic acids is 1. The van der Waals surface area contributed by atoms with Crippen molar-refractivity contribution in [1.29, 1.82) is 0 Å². The number of carboxylic acid groups (broad SMARTS) is 1. The first-order valence-electron chi connectivity index (χ1n) is 5.40. The second-order valence-electron chi connectivity index (χ2n) is 3.88. The zero-order chi connectivity index (χ0) is 12.1. The van der Waals surface area contributed by atoms with Gasteiger partial charge in [0.2, 0.25) is 0 Å². The van der Waals surface area contributed by atoms with Crippen molar-refractivity contribution in [1.82, 2.24) is 10.2 Å². The van der Waals surface area contributed by atoms with Gasteiger partial charge in [0.15, 0.2) is 0 Å². The van der Waals surface area contributed by atoms with Crippen molar-refractivity contribution >= 4 is 23.8 Å². The number of hydrogen-bond donors (Lipinski definition) is 2. The molecule has 0 saturated carbocycles. The van der Waals surface area contributed by atoms with Gasteiger partial charge in [0.25, 0.3) is 0 Å². The summed E-state index contributed by atoms with van der Waals surface area (Å²) in [5, 5.41) is 11.8. The fourth-order valence-corrected chi connectivity index (χ4v) is 2.83. The van der Waals surface area contributed by atoms with Gasteiger partial charge in [-0.2, -0.15) is 11.8 Å². The van der Waals surface area contributed by atoms with E-state index in [1.54, 1.807) is 18.7 Å². The fraction of sp³-hybridized carbons (Fsp3) is 0.800. The first-order valence-corrected chi connectivity index (χ1v) is 6.55. The van der Waals surface area contributed by atoms with Crippen molar-refractivity contribution in [2.75, 3.05) is 18.6 Å². The summed E-state index contributed by atoms with van der Waals surface area (Å²) in [4.78, 5) is 23.9. The Hall–Kier alpha value is -0.910. The highest BCUT2D eigenvalue weighted by atomic mass is 32.2. The van der Waals surface area contributed by atoms with E-state index in [4.69, 9.17) is 5.11 Å². The molecule has 0 radical (unpaired) electrons. The van der Waals surface area contributed by atoms with Gasteiger partial charge >= 0.3 is 12.0 Å². The van der Waals surface area contributed by atoms with Crippen molar-refractivity contribution in [3.63, 3.8) is 0 Å². The Morgan fingerprint density at radius 1 is 1.62 bits per heavy atom. The lowest BCUT2D eigenvalue weighted by molar-refractivity contribution is -0.141. The minimum absolute atomic E-state index is 0.186. The summed E-state index contributed by atoms with van der Waals surface area (Å²) in [5.41, 5.74) is 0. The van der Waals surface area contributed by atoms with E-state index in [9.17, 15) is 9.59 Å². The minimum atomic E-state index is -0.957. The molecule has 2 atom stereocenters. The Balaban J connectivity index is 2.48. The van der Waals surface area contributed by atoms with Gasteiger partial charge in [-0.15, -0.1) is 0 Å². The predicted molar refractivity (Wildman–Crippen MR) is 63.7 cm³/mol. The van der Waals surface area contributed by atoms with Crippen molar-refractivity contribution < 1.29 is 14.7 Å². The van der Waals surface area contributed by atoms with Gasteiger partial charge in [0, 0.05) is 18.8 Å². The first kappa shape index (κ1) is 13.2. The van der Waals surface area contributed by atoms with Crippen molar-refractivity contribution in [3.8, 4) is 0 Å². The smallest absolute Gasteiger partial charge is 0.326 e. The molecule has 0 aromatic heterocycles. The van der Waals surface area contributed by atoms with Crippen LogP contribution in [0.4, 0.5) is 4.79 Å². The Kier molecular flexibility index (Phi) is 4.92. The van der Waals surface area contributed by atoms with Crippen molar-refractivity contribution in [2.24, 2.45) is 0 Å². The van der Waals surface area contributed by atoms with Gasteiger partial charge in [0.1, 0.15) is 6.04 Å². The summed E-state index contributed by atoms with van der Waals surface area (Å²) in [6.45, 7) is 1.76. The number of urea groups is 1. The maximum absolute atomic E-state index is 11.7. The Labute approximate surface area is 99.6 Å². The summed E-state index contributed by atoms with van der Waals surface area (Å²) >= 11 is 1.81. The number of likely N-dealkylation sites (N-methyl/N-ethyl adjacent to an activating group) is 1. The average molecular weight is 246 g/mol. The molecule has 1 saturated heterocycles. The number of hydrogen-bond acceptors (Lipinski definition) is 3. The average Bonchev–Trinajstić information content (AvgIpc) is 2.70. The fourth-order valence-electron chi connectivity index (χ4n) is 1.68. The van der Waals surface area contributed by atoms with Crippen LogP contribution in [0.1, 0.15) is 19.8 Å². The number of aliphatic carboxylic acids is 1. The molecule has 6 heteroatoms. The molecule has 1 aliphatic heterocycles. The molecule has 0 spiro atoms. The van der Waals surface area contributed by atoms with Crippen LogP contribution in [-0.2, 0) is 4.79 Å². The highest BCUT2D eigenvalue weighted by molar-refractivity contribution is 7.99. The molecule has 1 aliphatic rings. The molecule has 1 rings (SSSR count). The molecule has 0 bridgehead atoms. The molecule has 0 aromatic rings. The summed E-state index contributed by atoms with van der Waals surface area (Å²) in [7, 11) is 1.53. The molecule has 5 nitrogen and oxygen atoms in total. The summed E-state index contributed by atoms with van der Waals surface area (Å²) in [6.07, 6.45) is 1.38. The zero-order valence-electron chi connectivity index (χ0n) is 9.60. The van der Waals surface area contributed by atoms with Crippen LogP contribution in [0.5, 0.6) is 0 Å². The molecular formula is C10H18N2O3S. The van der Waals surface area contributed by atoms with Gasteiger partial charge in [-0.3, -0.25) is 0 Å². The van der Waals surface area contributed by atoms with Gasteiger partial charge in [-0.25, -0.2) is 9.59 Å². The number of nitrogens with zero attached hydrogens (tertiary/aromatic N) is 1. The second-order valence-corrected chi connectivity index (χ2v) is 5.03. The molecule has 1 fully saturated rings. The van der Waals surface area contributed by atoms with E-state index in [0.717, 1.165) is 17.9 Å². The third-order valence-electron chi connectivity index (χ3n) is 2.72.